The molecule has 0 aliphatic heterocycles. The van der Waals surface area contributed by atoms with Crippen molar-refractivity contribution in [2.45, 2.75) is 26.3 Å². The van der Waals surface area contributed by atoms with Gasteiger partial charge in [-0.25, -0.2) is 4.98 Å². The second kappa shape index (κ2) is 8.48. The first-order chi connectivity index (χ1) is 9.95. The maximum absolute atomic E-state index is 11.9. The van der Waals surface area contributed by atoms with Crippen LogP contribution in [0.2, 0.25) is 5.02 Å². The summed E-state index contributed by atoms with van der Waals surface area (Å²) in [6, 6.07) is 7.18. The minimum absolute atomic E-state index is 0. The summed E-state index contributed by atoms with van der Waals surface area (Å²) >= 11 is 7.42. The molecular formula is C15H19Cl2N3OS. The van der Waals surface area contributed by atoms with Crippen molar-refractivity contribution in [1.29, 1.82) is 0 Å². The van der Waals surface area contributed by atoms with Crippen LogP contribution >= 0.6 is 35.3 Å². The van der Waals surface area contributed by atoms with Gasteiger partial charge in [-0.3, -0.25) is 4.79 Å². The van der Waals surface area contributed by atoms with Gasteiger partial charge in [0, 0.05) is 22.5 Å². The quantitative estimate of drug-likeness (QED) is 0.854. The highest BCUT2D eigenvalue weighted by Gasteiger charge is 2.18. The van der Waals surface area contributed by atoms with Crippen molar-refractivity contribution < 1.29 is 4.79 Å². The molecule has 1 aromatic carbocycles. The topological polar surface area (TPSA) is 68.0 Å². The smallest absolute Gasteiger partial charge is 0.243 e. The van der Waals surface area contributed by atoms with E-state index in [1.807, 2.05) is 38.1 Å². The normalized spacial score (nSPS) is 11.9. The van der Waals surface area contributed by atoms with E-state index in [4.69, 9.17) is 17.3 Å². The number of hydrogen-bond acceptors (Lipinski definition) is 4. The van der Waals surface area contributed by atoms with Gasteiger partial charge in [0.1, 0.15) is 0 Å². The summed E-state index contributed by atoms with van der Waals surface area (Å²) in [5.74, 6) is -0.107. The molecular weight excluding hydrogens is 341 g/mol. The van der Waals surface area contributed by atoms with Gasteiger partial charge in [0.25, 0.3) is 0 Å². The molecule has 1 aromatic heterocycles. The van der Waals surface area contributed by atoms with Gasteiger partial charge >= 0.3 is 0 Å². The lowest BCUT2D eigenvalue weighted by Crippen LogP contribution is -2.39. The summed E-state index contributed by atoms with van der Waals surface area (Å²) in [4.78, 5) is 17.2. The Morgan fingerprint density at radius 2 is 2.18 bits per heavy atom. The van der Waals surface area contributed by atoms with E-state index in [9.17, 15) is 4.79 Å². The van der Waals surface area contributed by atoms with E-state index in [0.717, 1.165) is 16.9 Å². The molecule has 1 amide bonds. The SMILES string of the molecule is CC(C)C(N)C(=O)Nc1ncc(Cc2cccc(Cl)c2)s1.Cl. The Kier molecular flexibility index (Phi) is 7.29. The number of amides is 1. The number of aromatic nitrogens is 1. The average Bonchev–Trinajstić information content (AvgIpc) is 2.84. The van der Waals surface area contributed by atoms with Crippen molar-refractivity contribution in [3.63, 3.8) is 0 Å². The van der Waals surface area contributed by atoms with E-state index in [1.54, 1.807) is 6.20 Å². The van der Waals surface area contributed by atoms with E-state index in [0.29, 0.717) is 10.2 Å². The largest absolute Gasteiger partial charge is 0.320 e. The first-order valence-electron chi connectivity index (χ1n) is 6.71. The molecule has 7 heteroatoms. The van der Waals surface area contributed by atoms with Crippen LogP contribution in [0.4, 0.5) is 5.13 Å². The van der Waals surface area contributed by atoms with E-state index in [1.165, 1.54) is 11.3 Å². The number of thiazole rings is 1. The highest BCUT2D eigenvalue weighted by atomic mass is 35.5. The van der Waals surface area contributed by atoms with Gasteiger partial charge in [0.15, 0.2) is 5.13 Å². The standard InChI is InChI=1S/C15H18ClN3OS.ClH/c1-9(2)13(17)14(20)19-15-18-8-12(21-15)7-10-4-3-5-11(16)6-10;/h3-6,8-9,13H,7,17H2,1-2H3,(H,18,19,20);1H. The van der Waals surface area contributed by atoms with Gasteiger partial charge in [0.05, 0.1) is 6.04 Å². The Balaban J connectivity index is 0.00000242. The number of carbonyl (C=O) groups excluding carboxylic acids is 1. The lowest BCUT2D eigenvalue weighted by molar-refractivity contribution is -0.118. The molecule has 0 aliphatic carbocycles. The van der Waals surface area contributed by atoms with Crippen LogP contribution in [0.15, 0.2) is 30.5 Å². The van der Waals surface area contributed by atoms with Gasteiger partial charge < -0.3 is 11.1 Å². The number of carbonyl (C=O) groups is 1. The molecule has 2 aromatic rings. The second-order valence-corrected chi connectivity index (χ2v) is 6.75. The number of nitrogens with zero attached hydrogens (tertiary/aromatic N) is 1. The van der Waals surface area contributed by atoms with E-state index >= 15 is 0 Å². The fourth-order valence-electron chi connectivity index (χ4n) is 1.79. The Bertz CT molecular complexity index is 631. The number of rotatable bonds is 5. The number of nitrogens with two attached hydrogens (primary N) is 1. The molecule has 120 valence electrons. The van der Waals surface area contributed by atoms with Crippen molar-refractivity contribution in [1.82, 2.24) is 4.98 Å². The third-order valence-corrected chi connectivity index (χ3v) is 4.22. The zero-order chi connectivity index (χ0) is 15.4. The predicted molar refractivity (Wildman–Crippen MR) is 95.1 cm³/mol. The number of nitrogens with one attached hydrogen (secondary N) is 1. The van der Waals surface area contributed by atoms with Gasteiger partial charge in [-0.2, -0.15) is 0 Å². The summed E-state index contributed by atoms with van der Waals surface area (Å²) in [7, 11) is 0. The fraction of sp³-hybridized carbons (Fsp3) is 0.333. The molecule has 1 unspecified atom stereocenters. The molecule has 0 radical (unpaired) electrons. The summed E-state index contributed by atoms with van der Waals surface area (Å²) in [6.45, 7) is 3.83. The number of halogens is 2. The first kappa shape index (κ1) is 18.9. The predicted octanol–water partition coefficient (Wildman–Crippen LogP) is 3.73. The molecule has 1 atom stereocenters. The number of benzene rings is 1. The van der Waals surface area contributed by atoms with Gasteiger partial charge in [-0.15, -0.1) is 23.7 Å². The van der Waals surface area contributed by atoms with Gasteiger partial charge in [0.2, 0.25) is 5.91 Å². The second-order valence-electron chi connectivity index (χ2n) is 5.20. The minimum Gasteiger partial charge on any atom is -0.320 e. The molecule has 0 spiro atoms. The van der Waals surface area contributed by atoms with Crippen LogP contribution in [0.5, 0.6) is 0 Å². The van der Waals surface area contributed by atoms with Crippen molar-refractivity contribution in [2.75, 3.05) is 5.32 Å². The molecule has 0 aliphatic rings. The third kappa shape index (κ3) is 5.25. The zero-order valence-corrected chi connectivity index (χ0v) is 14.8. The number of hydrogen-bond donors (Lipinski definition) is 2. The Morgan fingerprint density at radius 1 is 1.45 bits per heavy atom. The van der Waals surface area contributed by atoms with Crippen molar-refractivity contribution in [3.8, 4) is 0 Å². The van der Waals surface area contributed by atoms with Gasteiger partial charge in [-0.1, -0.05) is 37.6 Å². The Hall–Kier alpha value is -1.14. The molecule has 1 heterocycles. The van der Waals surface area contributed by atoms with Crippen LogP contribution in [0.3, 0.4) is 0 Å². The Morgan fingerprint density at radius 3 is 2.82 bits per heavy atom. The van der Waals surface area contributed by atoms with Crippen LogP contribution in [0.1, 0.15) is 24.3 Å². The molecule has 0 saturated heterocycles. The minimum atomic E-state index is -0.523. The lowest BCUT2D eigenvalue weighted by Gasteiger charge is -2.13. The maximum Gasteiger partial charge on any atom is 0.243 e. The first-order valence-corrected chi connectivity index (χ1v) is 7.90. The van der Waals surface area contributed by atoms with Crippen LogP contribution in [0.25, 0.3) is 0 Å². The van der Waals surface area contributed by atoms with Crippen LogP contribution in [-0.2, 0) is 11.2 Å². The summed E-state index contributed by atoms with van der Waals surface area (Å²) in [5.41, 5.74) is 6.92. The summed E-state index contributed by atoms with van der Waals surface area (Å²) in [5, 5.41) is 4.05. The molecule has 0 bridgehead atoms. The van der Waals surface area contributed by atoms with E-state index in [-0.39, 0.29) is 24.2 Å². The molecule has 0 saturated carbocycles. The number of anilines is 1. The van der Waals surface area contributed by atoms with Crippen LogP contribution < -0.4 is 11.1 Å². The maximum atomic E-state index is 11.9. The van der Waals surface area contributed by atoms with Crippen molar-refractivity contribution in [3.05, 3.63) is 45.9 Å². The highest BCUT2D eigenvalue weighted by Crippen LogP contribution is 2.22. The molecule has 4 nitrogen and oxygen atoms in total. The Labute approximate surface area is 145 Å². The molecule has 0 fully saturated rings. The fourth-order valence-corrected chi connectivity index (χ4v) is 2.85. The van der Waals surface area contributed by atoms with E-state index in [2.05, 4.69) is 10.3 Å². The van der Waals surface area contributed by atoms with Crippen molar-refractivity contribution >= 4 is 46.4 Å². The summed E-state index contributed by atoms with van der Waals surface area (Å²) in [6.07, 6.45) is 2.51. The average molecular weight is 360 g/mol. The molecule has 2 rings (SSSR count). The monoisotopic (exact) mass is 359 g/mol. The van der Waals surface area contributed by atoms with Gasteiger partial charge in [-0.05, 0) is 23.6 Å². The zero-order valence-electron chi connectivity index (χ0n) is 12.4. The highest BCUT2D eigenvalue weighted by molar-refractivity contribution is 7.15. The van der Waals surface area contributed by atoms with E-state index < -0.39 is 6.04 Å². The van der Waals surface area contributed by atoms with Crippen molar-refractivity contribution in [2.24, 2.45) is 11.7 Å². The third-order valence-electron chi connectivity index (χ3n) is 3.07. The molecule has 3 N–H and O–H groups in total. The summed E-state index contributed by atoms with van der Waals surface area (Å²) < 4.78 is 0. The van der Waals surface area contributed by atoms with Crippen LogP contribution in [0, 0.1) is 5.92 Å². The van der Waals surface area contributed by atoms with Crippen LogP contribution in [-0.4, -0.2) is 16.9 Å². The molecule has 22 heavy (non-hydrogen) atoms. The lowest BCUT2D eigenvalue weighted by atomic mass is 10.1.